The quantitative estimate of drug-likeness (QED) is 0.230. The van der Waals surface area contributed by atoms with Crippen LogP contribution in [0, 0.1) is 0 Å². The van der Waals surface area contributed by atoms with Gasteiger partial charge >= 0.3 is 0 Å². The fraction of sp³-hybridized carbons (Fsp3) is 0.290. The van der Waals surface area contributed by atoms with Crippen LogP contribution in [0.25, 0.3) is 10.8 Å². The molecule has 2 aliphatic rings. The number of rotatable bonds is 8. The lowest BCUT2D eigenvalue weighted by atomic mass is 9.58. The van der Waals surface area contributed by atoms with Gasteiger partial charge in [0, 0.05) is 23.0 Å². The first-order valence-electron chi connectivity index (χ1n) is 13.2. The maximum absolute atomic E-state index is 12.8. The van der Waals surface area contributed by atoms with E-state index in [0.717, 1.165) is 47.4 Å². The molecule has 1 aliphatic heterocycles. The van der Waals surface area contributed by atoms with Crippen molar-refractivity contribution in [3.8, 4) is 5.75 Å². The van der Waals surface area contributed by atoms with Gasteiger partial charge in [0.2, 0.25) is 10.0 Å². The van der Waals surface area contributed by atoms with Gasteiger partial charge in [0.1, 0.15) is 12.4 Å². The molecule has 0 amide bonds. The van der Waals surface area contributed by atoms with E-state index in [1.54, 1.807) is 12.1 Å². The number of hydrogen-bond donors (Lipinski definition) is 2. The van der Waals surface area contributed by atoms with Gasteiger partial charge in [0.05, 0.1) is 4.90 Å². The van der Waals surface area contributed by atoms with Crippen LogP contribution in [0.2, 0.25) is 5.02 Å². The third kappa shape index (κ3) is 5.54. The van der Waals surface area contributed by atoms with Gasteiger partial charge in [-0.2, -0.15) is 0 Å². The predicted molar refractivity (Wildman–Crippen MR) is 160 cm³/mol. The SMILES string of the molecule is Cl.O=S(=O)(NCCOc1ccc2c(c1)C(C1(c3ccc(Cl)cc3)CCC1)NCC2)c1ccc2ccccc2c1. The predicted octanol–water partition coefficient (Wildman–Crippen LogP) is 6.58. The summed E-state index contributed by atoms with van der Waals surface area (Å²) < 4.78 is 34.4. The molecule has 1 aliphatic carbocycles. The molecule has 8 heteroatoms. The molecule has 6 rings (SSSR count). The first kappa shape index (κ1) is 27.9. The number of benzene rings is 4. The van der Waals surface area contributed by atoms with Crippen LogP contribution >= 0.6 is 24.0 Å². The number of sulfonamides is 1. The van der Waals surface area contributed by atoms with Gasteiger partial charge in [-0.1, -0.05) is 66.6 Å². The highest BCUT2D eigenvalue weighted by atomic mass is 35.5. The van der Waals surface area contributed by atoms with E-state index >= 15 is 0 Å². The van der Waals surface area contributed by atoms with Gasteiger partial charge in [-0.25, -0.2) is 13.1 Å². The number of hydrogen-bond acceptors (Lipinski definition) is 4. The fourth-order valence-electron chi connectivity index (χ4n) is 5.96. The topological polar surface area (TPSA) is 67.4 Å². The monoisotopic (exact) mass is 582 g/mol. The Morgan fingerprint density at radius 1 is 0.949 bits per heavy atom. The van der Waals surface area contributed by atoms with Gasteiger partial charge in [0.25, 0.3) is 0 Å². The molecule has 4 aromatic rings. The van der Waals surface area contributed by atoms with Gasteiger partial charge in [-0.15, -0.1) is 12.4 Å². The molecule has 4 aromatic carbocycles. The Bertz CT molecular complexity index is 1570. The Labute approximate surface area is 241 Å². The van der Waals surface area contributed by atoms with Crippen molar-refractivity contribution in [2.75, 3.05) is 19.7 Å². The third-order valence-electron chi connectivity index (χ3n) is 8.08. The van der Waals surface area contributed by atoms with E-state index in [4.69, 9.17) is 16.3 Å². The summed E-state index contributed by atoms with van der Waals surface area (Å²) in [4.78, 5) is 0.256. The minimum absolute atomic E-state index is 0. The van der Waals surface area contributed by atoms with Crippen molar-refractivity contribution in [1.82, 2.24) is 10.0 Å². The fourth-order valence-corrected chi connectivity index (χ4v) is 7.13. The second-order valence-corrected chi connectivity index (χ2v) is 12.5. The zero-order valence-corrected chi connectivity index (χ0v) is 23.9. The van der Waals surface area contributed by atoms with Crippen LogP contribution in [0.1, 0.15) is 42.0 Å². The van der Waals surface area contributed by atoms with E-state index in [-0.39, 0.29) is 41.9 Å². The Hall–Kier alpha value is -2.61. The molecule has 1 heterocycles. The van der Waals surface area contributed by atoms with E-state index in [1.165, 1.54) is 23.1 Å². The van der Waals surface area contributed by atoms with Crippen molar-refractivity contribution in [3.05, 3.63) is 107 Å². The van der Waals surface area contributed by atoms with E-state index in [1.807, 2.05) is 48.5 Å². The second-order valence-electron chi connectivity index (χ2n) is 10.3. The maximum Gasteiger partial charge on any atom is 0.240 e. The van der Waals surface area contributed by atoms with Crippen LogP contribution < -0.4 is 14.8 Å². The molecule has 0 radical (unpaired) electrons. The number of nitrogens with one attached hydrogen (secondary N) is 2. The molecule has 0 aromatic heterocycles. The maximum atomic E-state index is 12.8. The Morgan fingerprint density at radius 2 is 1.72 bits per heavy atom. The Morgan fingerprint density at radius 3 is 2.46 bits per heavy atom. The molecule has 1 saturated carbocycles. The highest BCUT2D eigenvalue weighted by Gasteiger charge is 2.47. The van der Waals surface area contributed by atoms with Gasteiger partial charge in [-0.05, 0) is 89.7 Å². The van der Waals surface area contributed by atoms with Crippen LogP contribution in [-0.2, 0) is 21.9 Å². The molecule has 0 bridgehead atoms. The zero-order valence-electron chi connectivity index (χ0n) is 21.5. The first-order chi connectivity index (χ1) is 18.4. The smallest absolute Gasteiger partial charge is 0.240 e. The van der Waals surface area contributed by atoms with Crippen molar-refractivity contribution >= 4 is 44.8 Å². The van der Waals surface area contributed by atoms with Crippen molar-refractivity contribution in [2.45, 2.75) is 42.0 Å². The Balaban J connectivity index is 0.00000308. The molecule has 39 heavy (non-hydrogen) atoms. The summed E-state index contributed by atoms with van der Waals surface area (Å²) in [5.74, 6) is 0.757. The highest BCUT2D eigenvalue weighted by Crippen LogP contribution is 2.53. The van der Waals surface area contributed by atoms with Crippen LogP contribution in [-0.4, -0.2) is 28.1 Å². The second kappa shape index (κ2) is 11.5. The van der Waals surface area contributed by atoms with Crippen molar-refractivity contribution < 1.29 is 13.2 Å². The molecule has 1 atom stereocenters. The van der Waals surface area contributed by atoms with Crippen LogP contribution in [0.15, 0.2) is 89.8 Å². The average molecular weight is 584 g/mol. The molecule has 204 valence electrons. The standard InChI is InChI=1S/C31H31ClN2O3S.ClH/c32-26-10-8-25(9-11-26)31(15-3-16-31)30-29-21-27(12-6-23(29)14-17-33-30)37-19-18-34-38(35,36)28-13-7-22-4-1-2-5-24(22)20-28;/h1-2,4-13,20-21,30,33-34H,3,14-19H2;1H. The summed E-state index contributed by atoms with van der Waals surface area (Å²) >= 11 is 6.18. The largest absolute Gasteiger partial charge is 0.492 e. The lowest BCUT2D eigenvalue weighted by Crippen LogP contribution is -2.49. The van der Waals surface area contributed by atoms with Gasteiger partial charge < -0.3 is 10.1 Å². The third-order valence-corrected chi connectivity index (χ3v) is 9.79. The molecule has 1 fully saturated rings. The average Bonchev–Trinajstić information content (AvgIpc) is 2.91. The normalized spacial score (nSPS) is 18.0. The molecule has 2 N–H and O–H groups in total. The van der Waals surface area contributed by atoms with Crippen LogP contribution in [0.4, 0.5) is 0 Å². The van der Waals surface area contributed by atoms with Gasteiger partial charge in [0.15, 0.2) is 0 Å². The molecule has 5 nitrogen and oxygen atoms in total. The minimum atomic E-state index is -3.63. The van der Waals surface area contributed by atoms with Crippen molar-refractivity contribution in [1.29, 1.82) is 0 Å². The summed E-state index contributed by atoms with van der Waals surface area (Å²) in [5, 5.41) is 6.46. The zero-order chi connectivity index (χ0) is 26.2. The van der Waals surface area contributed by atoms with Crippen molar-refractivity contribution in [2.24, 2.45) is 0 Å². The van der Waals surface area contributed by atoms with Gasteiger partial charge in [-0.3, -0.25) is 0 Å². The summed E-state index contributed by atoms with van der Waals surface area (Å²) in [7, 11) is -3.63. The van der Waals surface area contributed by atoms with Crippen LogP contribution in [0.5, 0.6) is 5.75 Å². The minimum Gasteiger partial charge on any atom is -0.492 e. The van der Waals surface area contributed by atoms with Crippen molar-refractivity contribution in [3.63, 3.8) is 0 Å². The Kier molecular flexibility index (Phi) is 8.22. The summed E-state index contributed by atoms with van der Waals surface area (Å²) in [6.45, 7) is 1.37. The molecule has 0 spiro atoms. The summed E-state index contributed by atoms with van der Waals surface area (Å²) in [6.07, 6.45) is 4.46. The molecular formula is C31H32Cl2N2O3S. The number of ether oxygens (including phenoxy) is 1. The molecular weight excluding hydrogens is 551 g/mol. The number of halogens is 2. The van der Waals surface area contributed by atoms with E-state index in [2.05, 4.69) is 34.3 Å². The first-order valence-corrected chi connectivity index (χ1v) is 15.0. The number of fused-ring (bicyclic) bond motifs is 2. The molecule has 1 unspecified atom stereocenters. The lowest BCUT2D eigenvalue weighted by Gasteiger charge is -2.50. The molecule has 0 saturated heterocycles. The van der Waals surface area contributed by atoms with E-state index in [0.29, 0.717) is 0 Å². The van der Waals surface area contributed by atoms with Crippen LogP contribution in [0.3, 0.4) is 0 Å². The van der Waals surface area contributed by atoms with E-state index < -0.39 is 10.0 Å². The lowest BCUT2D eigenvalue weighted by molar-refractivity contribution is 0.164. The summed E-state index contributed by atoms with van der Waals surface area (Å²) in [5.41, 5.74) is 4.00. The summed E-state index contributed by atoms with van der Waals surface area (Å²) in [6, 6.07) is 27.7. The van der Waals surface area contributed by atoms with E-state index in [9.17, 15) is 8.42 Å². The highest BCUT2D eigenvalue weighted by molar-refractivity contribution is 7.89.